The van der Waals surface area contributed by atoms with Crippen LogP contribution in [0, 0.1) is 5.82 Å². The number of nitrogens with two attached hydrogens (primary N) is 1. The number of anilines is 2. The molecule has 0 saturated carbocycles. The van der Waals surface area contributed by atoms with E-state index in [0.29, 0.717) is 16.2 Å². The molecular weight excluding hydrogens is 421 g/mol. The largest absolute Gasteiger partial charge is 0.381 e. The minimum absolute atomic E-state index is 0.0372. The molecule has 0 amide bonds. The maximum absolute atomic E-state index is 13.2. The summed E-state index contributed by atoms with van der Waals surface area (Å²) >= 11 is 3.31. The van der Waals surface area contributed by atoms with Crippen molar-refractivity contribution < 1.29 is 4.39 Å². The van der Waals surface area contributed by atoms with Crippen molar-refractivity contribution in [2.45, 2.75) is 13.0 Å². The topological polar surface area (TPSA) is 76.7 Å². The number of aromatic nitrogens is 3. The third-order valence-corrected chi connectivity index (χ3v) is 4.89. The molecule has 3 N–H and O–H groups in total. The molecule has 2 heterocycles. The Kier molecular flexibility index (Phi) is 4.92. The smallest absolute Gasteiger partial charge is 0.170 e. The lowest BCUT2D eigenvalue weighted by atomic mass is 10.0. The van der Waals surface area contributed by atoms with Gasteiger partial charge in [-0.25, -0.2) is 14.4 Å². The minimum atomic E-state index is -0.255. The summed E-state index contributed by atoms with van der Waals surface area (Å²) in [6.45, 7) is 2.03. The van der Waals surface area contributed by atoms with Gasteiger partial charge in [0.2, 0.25) is 0 Å². The average Bonchev–Trinajstić information content (AvgIpc) is 2.70. The predicted molar refractivity (Wildman–Crippen MR) is 113 cm³/mol. The van der Waals surface area contributed by atoms with Crippen molar-refractivity contribution in [3.8, 4) is 11.1 Å². The Balaban J connectivity index is 1.66. The van der Waals surface area contributed by atoms with Gasteiger partial charge in [0.15, 0.2) is 11.6 Å². The maximum Gasteiger partial charge on any atom is 0.170 e. The van der Waals surface area contributed by atoms with Crippen molar-refractivity contribution in [1.82, 2.24) is 15.0 Å². The van der Waals surface area contributed by atoms with E-state index in [9.17, 15) is 4.39 Å². The molecule has 1 unspecified atom stereocenters. The monoisotopic (exact) mass is 437 g/mol. The van der Waals surface area contributed by atoms with E-state index >= 15 is 0 Å². The Morgan fingerprint density at radius 1 is 1.00 bits per heavy atom. The lowest BCUT2D eigenvalue weighted by Gasteiger charge is -2.16. The first kappa shape index (κ1) is 18.3. The van der Waals surface area contributed by atoms with E-state index in [4.69, 9.17) is 5.73 Å². The van der Waals surface area contributed by atoms with Gasteiger partial charge in [-0.15, -0.1) is 0 Å². The van der Waals surface area contributed by atoms with Crippen molar-refractivity contribution in [1.29, 1.82) is 0 Å². The fourth-order valence-corrected chi connectivity index (χ4v) is 3.27. The van der Waals surface area contributed by atoms with E-state index in [2.05, 4.69) is 48.3 Å². The van der Waals surface area contributed by atoms with E-state index in [1.807, 2.05) is 19.1 Å². The molecule has 0 aliphatic carbocycles. The number of fused-ring (bicyclic) bond motifs is 1. The quantitative estimate of drug-likeness (QED) is 0.449. The van der Waals surface area contributed by atoms with Gasteiger partial charge >= 0.3 is 0 Å². The van der Waals surface area contributed by atoms with Crippen LogP contribution >= 0.6 is 15.9 Å². The van der Waals surface area contributed by atoms with Gasteiger partial charge in [-0.3, -0.25) is 4.98 Å². The van der Waals surface area contributed by atoms with Crippen molar-refractivity contribution in [3.63, 3.8) is 0 Å². The molecule has 0 radical (unpaired) electrons. The molecule has 0 spiro atoms. The predicted octanol–water partition coefficient (Wildman–Crippen LogP) is 5.35. The molecule has 2 aromatic heterocycles. The average molecular weight is 438 g/mol. The van der Waals surface area contributed by atoms with Crippen molar-refractivity contribution in [2.75, 3.05) is 11.1 Å². The van der Waals surface area contributed by atoms with Crippen LogP contribution in [0.4, 0.5) is 16.0 Å². The van der Waals surface area contributed by atoms with Gasteiger partial charge in [0.05, 0.1) is 17.8 Å². The molecule has 28 heavy (non-hydrogen) atoms. The molecule has 4 aromatic rings. The van der Waals surface area contributed by atoms with Crippen molar-refractivity contribution in [2.24, 2.45) is 0 Å². The highest BCUT2D eigenvalue weighted by Gasteiger charge is 2.11. The molecule has 2 aromatic carbocycles. The molecule has 7 heteroatoms. The highest BCUT2D eigenvalue weighted by molar-refractivity contribution is 9.10. The van der Waals surface area contributed by atoms with E-state index in [-0.39, 0.29) is 11.9 Å². The molecule has 0 fully saturated rings. The highest BCUT2D eigenvalue weighted by Crippen LogP contribution is 2.27. The van der Waals surface area contributed by atoms with Crippen LogP contribution in [0.2, 0.25) is 0 Å². The Hall–Kier alpha value is -3.06. The van der Waals surface area contributed by atoms with Crippen LogP contribution in [-0.4, -0.2) is 15.0 Å². The Labute approximate surface area is 170 Å². The van der Waals surface area contributed by atoms with E-state index in [1.54, 1.807) is 24.5 Å². The number of nitrogens with zero attached hydrogens (tertiary/aromatic N) is 3. The Morgan fingerprint density at radius 3 is 2.57 bits per heavy atom. The van der Waals surface area contributed by atoms with Crippen molar-refractivity contribution in [3.05, 3.63) is 76.9 Å². The van der Waals surface area contributed by atoms with E-state index in [0.717, 1.165) is 27.6 Å². The standard InChI is InChI=1S/C21H17BrFN5/c1-12(27-21-20(24)26-11-19(22)28-21)14-4-7-18-15(8-14)9-16(10-25-18)13-2-5-17(23)6-3-13/h2-12H,1H3,(H2,24,26)(H,27,28). The summed E-state index contributed by atoms with van der Waals surface area (Å²) in [5, 5.41) is 4.29. The number of rotatable bonds is 4. The molecular formula is C21H17BrFN5. The zero-order valence-corrected chi connectivity index (χ0v) is 16.6. The summed E-state index contributed by atoms with van der Waals surface area (Å²) in [7, 11) is 0. The van der Waals surface area contributed by atoms with E-state index in [1.165, 1.54) is 12.1 Å². The second-order valence-electron chi connectivity index (χ2n) is 6.48. The SMILES string of the molecule is CC(Nc1nc(Br)cnc1N)c1ccc2ncc(-c3ccc(F)cc3)cc2c1. The molecule has 4 rings (SSSR count). The van der Waals surface area contributed by atoms with Crippen LogP contribution in [0.1, 0.15) is 18.5 Å². The summed E-state index contributed by atoms with van der Waals surface area (Å²) in [4.78, 5) is 13.0. The molecule has 140 valence electrons. The van der Waals surface area contributed by atoms with Gasteiger partial charge in [0.1, 0.15) is 10.4 Å². The summed E-state index contributed by atoms with van der Waals surface area (Å²) in [6.07, 6.45) is 3.36. The number of hydrogen-bond acceptors (Lipinski definition) is 5. The second-order valence-corrected chi connectivity index (χ2v) is 7.29. The van der Waals surface area contributed by atoms with Crippen LogP contribution in [0.25, 0.3) is 22.0 Å². The number of benzene rings is 2. The fourth-order valence-electron chi connectivity index (χ4n) is 2.99. The first-order chi connectivity index (χ1) is 13.5. The molecule has 1 atom stereocenters. The normalized spacial score (nSPS) is 12.1. The third kappa shape index (κ3) is 3.80. The summed E-state index contributed by atoms with van der Waals surface area (Å²) in [6, 6.07) is 14.5. The van der Waals surface area contributed by atoms with Crippen LogP contribution in [-0.2, 0) is 0 Å². The number of pyridine rings is 1. The Bertz CT molecular complexity index is 1150. The first-order valence-electron chi connectivity index (χ1n) is 8.70. The first-order valence-corrected chi connectivity index (χ1v) is 9.49. The molecule has 0 saturated heterocycles. The number of nitrogen functional groups attached to an aromatic ring is 1. The maximum atomic E-state index is 13.2. The highest BCUT2D eigenvalue weighted by atomic mass is 79.9. The summed E-state index contributed by atoms with van der Waals surface area (Å²) in [5.74, 6) is 0.617. The van der Waals surface area contributed by atoms with Gasteiger partial charge in [0, 0.05) is 17.1 Å². The van der Waals surface area contributed by atoms with E-state index < -0.39 is 0 Å². The second kappa shape index (κ2) is 7.52. The number of halogens is 2. The van der Waals surface area contributed by atoms with Gasteiger partial charge in [-0.2, -0.15) is 0 Å². The van der Waals surface area contributed by atoms with Crippen LogP contribution in [0.15, 0.2) is 65.5 Å². The lowest BCUT2D eigenvalue weighted by molar-refractivity contribution is 0.628. The zero-order chi connectivity index (χ0) is 19.7. The van der Waals surface area contributed by atoms with Crippen molar-refractivity contribution >= 4 is 38.5 Å². The number of nitrogens with one attached hydrogen (secondary N) is 1. The van der Waals surface area contributed by atoms with Gasteiger partial charge in [-0.1, -0.05) is 18.2 Å². The molecule has 0 aliphatic heterocycles. The van der Waals surface area contributed by atoms with Gasteiger partial charge in [-0.05, 0) is 64.3 Å². The molecule has 0 aliphatic rings. The lowest BCUT2D eigenvalue weighted by Crippen LogP contribution is -2.11. The summed E-state index contributed by atoms with van der Waals surface area (Å²) < 4.78 is 13.8. The zero-order valence-electron chi connectivity index (χ0n) is 15.0. The van der Waals surface area contributed by atoms with Gasteiger partial charge in [0.25, 0.3) is 0 Å². The summed E-state index contributed by atoms with van der Waals surface area (Å²) in [5.41, 5.74) is 9.72. The fraction of sp³-hybridized carbons (Fsp3) is 0.0952. The van der Waals surface area contributed by atoms with Crippen LogP contribution in [0.5, 0.6) is 0 Å². The molecule has 0 bridgehead atoms. The third-order valence-electron chi connectivity index (χ3n) is 4.51. The minimum Gasteiger partial charge on any atom is -0.381 e. The van der Waals surface area contributed by atoms with Crippen LogP contribution < -0.4 is 11.1 Å². The Morgan fingerprint density at radius 2 is 1.79 bits per heavy atom. The van der Waals surface area contributed by atoms with Crippen LogP contribution in [0.3, 0.4) is 0 Å². The number of hydrogen-bond donors (Lipinski definition) is 2. The molecule has 5 nitrogen and oxygen atoms in total. The van der Waals surface area contributed by atoms with Gasteiger partial charge < -0.3 is 11.1 Å².